The molecule has 1 N–H and O–H groups in total. The van der Waals surface area contributed by atoms with E-state index in [1.54, 1.807) is 0 Å². The minimum atomic E-state index is 0.322. The van der Waals surface area contributed by atoms with Crippen molar-refractivity contribution in [3.63, 3.8) is 0 Å². The molecule has 1 aromatic heterocycles. The van der Waals surface area contributed by atoms with Crippen molar-refractivity contribution in [2.45, 2.75) is 45.1 Å². The molecule has 0 aromatic carbocycles. The van der Waals surface area contributed by atoms with Gasteiger partial charge in [0.15, 0.2) is 0 Å². The Kier molecular flexibility index (Phi) is 3.06. The lowest BCUT2D eigenvalue weighted by molar-refractivity contribution is 0.356. The maximum Gasteiger partial charge on any atom is 0.0422 e. The summed E-state index contributed by atoms with van der Waals surface area (Å²) in [7, 11) is 0. The molecule has 1 unspecified atom stereocenters. The van der Waals surface area contributed by atoms with E-state index in [2.05, 4.69) is 36.3 Å². The lowest BCUT2D eigenvalue weighted by Crippen LogP contribution is -2.41. The van der Waals surface area contributed by atoms with Crippen LogP contribution in [0.4, 0.5) is 0 Å². The highest BCUT2D eigenvalue weighted by Gasteiger charge is 2.31. The SMILES string of the molecule is CCC1(Cc2ccc(C)cn2)CCCN1. The van der Waals surface area contributed by atoms with Crippen molar-refractivity contribution in [2.24, 2.45) is 0 Å². The van der Waals surface area contributed by atoms with E-state index in [9.17, 15) is 0 Å². The van der Waals surface area contributed by atoms with Gasteiger partial charge in [-0.2, -0.15) is 0 Å². The van der Waals surface area contributed by atoms with E-state index >= 15 is 0 Å². The Morgan fingerprint density at radius 2 is 2.33 bits per heavy atom. The first-order valence-corrected chi connectivity index (χ1v) is 5.91. The van der Waals surface area contributed by atoms with E-state index in [0.29, 0.717) is 5.54 Å². The fraction of sp³-hybridized carbons (Fsp3) is 0.615. The fourth-order valence-corrected chi connectivity index (χ4v) is 2.40. The zero-order valence-corrected chi connectivity index (χ0v) is 9.71. The summed E-state index contributed by atoms with van der Waals surface area (Å²) < 4.78 is 0. The molecule has 2 nitrogen and oxygen atoms in total. The Labute approximate surface area is 92.1 Å². The molecule has 1 aromatic rings. The number of aromatic nitrogens is 1. The lowest BCUT2D eigenvalue weighted by atomic mass is 9.88. The Morgan fingerprint density at radius 1 is 1.47 bits per heavy atom. The van der Waals surface area contributed by atoms with Crippen molar-refractivity contribution in [2.75, 3.05) is 6.54 Å². The molecule has 15 heavy (non-hydrogen) atoms. The largest absolute Gasteiger partial charge is 0.311 e. The second-order valence-electron chi connectivity index (χ2n) is 4.67. The molecular formula is C13H20N2. The fourth-order valence-electron chi connectivity index (χ4n) is 2.40. The van der Waals surface area contributed by atoms with Crippen molar-refractivity contribution in [1.29, 1.82) is 0 Å². The molecule has 1 fully saturated rings. The van der Waals surface area contributed by atoms with Crippen LogP contribution in [-0.4, -0.2) is 17.1 Å². The molecule has 82 valence electrons. The van der Waals surface area contributed by atoms with Gasteiger partial charge in [-0.1, -0.05) is 13.0 Å². The van der Waals surface area contributed by atoms with Crippen molar-refractivity contribution in [3.05, 3.63) is 29.6 Å². The van der Waals surface area contributed by atoms with E-state index in [1.807, 2.05) is 6.20 Å². The zero-order chi connectivity index (χ0) is 10.7. The first-order valence-electron chi connectivity index (χ1n) is 5.91. The van der Waals surface area contributed by atoms with Gasteiger partial charge in [0, 0.05) is 23.9 Å². The van der Waals surface area contributed by atoms with Gasteiger partial charge in [0.05, 0.1) is 0 Å². The summed E-state index contributed by atoms with van der Waals surface area (Å²) in [5.41, 5.74) is 2.78. The van der Waals surface area contributed by atoms with Crippen LogP contribution in [0.3, 0.4) is 0 Å². The summed E-state index contributed by atoms with van der Waals surface area (Å²) >= 11 is 0. The molecule has 0 aliphatic carbocycles. The average Bonchev–Trinajstić information content (AvgIpc) is 2.71. The van der Waals surface area contributed by atoms with Crippen LogP contribution in [0.5, 0.6) is 0 Å². The smallest absolute Gasteiger partial charge is 0.0422 e. The molecule has 0 amide bonds. The molecule has 2 heterocycles. The third kappa shape index (κ3) is 2.37. The van der Waals surface area contributed by atoms with Crippen LogP contribution < -0.4 is 5.32 Å². The normalized spacial score (nSPS) is 25.7. The first-order chi connectivity index (χ1) is 7.24. The molecule has 0 radical (unpaired) electrons. The lowest BCUT2D eigenvalue weighted by Gasteiger charge is -2.27. The molecule has 0 bridgehead atoms. The van der Waals surface area contributed by atoms with Gasteiger partial charge in [-0.05, 0) is 44.4 Å². The second-order valence-corrected chi connectivity index (χ2v) is 4.67. The molecule has 0 spiro atoms. The highest BCUT2D eigenvalue weighted by atomic mass is 15.0. The Bertz CT molecular complexity index is 310. The summed E-state index contributed by atoms with van der Waals surface area (Å²) in [5, 5.41) is 3.64. The highest BCUT2D eigenvalue weighted by molar-refractivity contribution is 5.15. The predicted molar refractivity (Wildman–Crippen MR) is 62.9 cm³/mol. The second kappa shape index (κ2) is 4.31. The predicted octanol–water partition coefficient (Wildman–Crippen LogP) is 2.46. The number of nitrogens with zero attached hydrogens (tertiary/aromatic N) is 1. The van der Waals surface area contributed by atoms with E-state index in [0.717, 1.165) is 6.42 Å². The van der Waals surface area contributed by atoms with Crippen LogP contribution in [0.15, 0.2) is 18.3 Å². The minimum Gasteiger partial charge on any atom is -0.311 e. The number of hydrogen-bond acceptors (Lipinski definition) is 2. The molecular weight excluding hydrogens is 184 g/mol. The van der Waals surface area contributed by atoms with E-state index < -0.39 is 0 Å². The molecule has 0 saturated carbocycles. The van der Waals surface area contributed by atoms with Crippen LogP contribution in [0.1, 0.15) is 37.4 Å². The van der Waals surface area contributed by atoms with Crippen molar-refractivity contribution < 1.29 is 0 Å². The highest BCUT2D eigenvalue weighted by Crippen LogP contribution is 2.26. The van der Waals surface area contributed by atoms with Crippen LogP contribution in [0.25, 0.3) is 0 Å². The minimum absolute atomic E-state index is 0.322. The number of pyridine rings is 1. The van der Waals surface area contributed by atoms with Gasteiger partial charge in [-0.3, -0.25) is 4.98 Å². The summed E-state index contributed by atoms with van der Waals surface area (Å²) in [4.78, 5) is 4.49. The van der Waals surface area contributed by atoms with Crippen molar-refractivity contribution >= 4 is 0 Å². The third-order valence-electron chi connectivity index (χ3n) is 3.50. The van der Waals surface area contributed by atoms with Gasteiger partial charge < -0.3 is 5.32 Å². The van der Waals surface area contributed by atoms with Gasteiger partial charge >= 0.3 is 0 Å². The molecule has 2 rings (SSSR count). The van der Waals surface area contributed by atoms with Crippen molar-refractivity contribution in [3.8, 4) is 0 Å². The maximum absolute atomic E-state index is 4.49. The summed E-state index contributed by atoms with van der Waals surface area (Å²) in [5.74, 6) is 0. The number of rotatable bonds is 3. The Balaban J connectivity index is 2.09. The quantitative estimate of drug-likeness (QED) is 0.818. The number of aryl methyl sites for hydroxylation is 1. The first kappa shape index (κ1) is 10.6. The van der Waals surface area contributed by atoms with E-state index in [4.69, 9.17) is 0 Å². The molecule has 1 aliphatic rings. The van der Waals surface area contributed by atoms with Gasteiger partial charge in [0.2, 0.25) is 0 Å². The van der Waals surface area contributed by atoms with Crippen LogP contribution in [-0.2, 0) is 6.42 Å². The summed E-state index contributed by atoms with van der Waals surface area (Å²) in [6, 6.07) is 4.31. The molecule has 1 atom stereocenters. The summed E-state index contributed by atoms with van der Waals surface area (Å²) in [6.07, 6.45) is 6.83. The zero-order valence-electron chi connectivity index (χ0n) is 9.71. The molecule has 1 saturated heterocycles. The van der Waals surface area contributed by atoms with Crippen LogP contribution in [0.2, 0.25) is 0 Å². The van der Waals surface area contributed by atoms with Gasteiger partial charge in [0.1, 0.15) is 0 Å². The molecule has 1 aliphatic heterocycles. The van der Waals surface area contributed by atoms with E-state index in [-0.39, 0.29) is 0 Å². The van der Waals surface area contributed by atoms with Crippen LogP contribution >= 0.6 is 0 Å². The topological polar surface area (TPSA) is 24.9 Å². The van der Waals surface area contributed by atoms with Gasteiger partial charge in [-0.25, -0.2) is 0 Å². The molecule has 2 heteroatoms. The van der Waals surface area contributed by atoms with Crippen molar-refractivity contribution in [1.82, 2.24) is 10.3 Å². The average molecular weight is 204 g/mol. The number of nitrogens with one attached hydrogen (secondary N) is 1. The number of hydrogen-bond donors (Lipinski definition) is 1. The Hall–Kier alpha value is -0.890. The van der Waals surface area contributed by atoms with Crippen LogP contribution in [0, 0.1) is 6.92 Å². The van der Waals surface area contributed by atoms with Gasteiger partial charge in [0.25, 0.3) is 0 Å². The van der Waals surface area contributed by atoms with E-state index in [1.165, 1.54) is 37.1 Å². The third-order valence-corrected chi connectivity index (χ3v) is 3.50. The standard InChI is InChI=1S/C13H20N2/c1-3-13(7-4-8-15-13)9-12-6-5-11(2)10-14-12/h5-6,10,15H,3-4,7-9H2,1-2H3. The maximum atomic E-state index is 4.49. The Morgan fingerprint density at radius 3 is 2.87 bits per heavy atom. The monoisotopic (exact) mass is 204 g/mol. The summed E-state index contributed by atoms with van der Waals surface area (Å²) in [6.45, 7) is 5.52. The van der Waals surface area contributed by atoms with Gasteiger partial charge in [-0.15, -0.1) is 0 Å².